The molecule has 25 heavy (non-hydrogen) atoms. The van der Waals surface area contributed by atoms with Crippen LogP contribution in [0, 0.1) is 0 Å². The second kappa shape index (κ2) is 11.8. The molecule has 0 bridgehead atoms. The first-order valence-corrected chi connectivity index (χ1v) is 10.4. The number of hydrogen-bond acceptors (Lipinski definition) is 7. The molecular formula is C16H23N3O4S2. The summed E-state index contributed by atoms with van der Waals surface area (Å²) in [6, 6.07) is 2.60. The molecule has 1 rings (SSSR count). The Balaban J connectivity index is 2.75. The zero-order chi connectivity index (χ0) is 18.7. The molecular weight excluding hydrogens is 362 g/mol. The van der Waals surface area contributed by atoms with Crippen LogP contribution in [-0.2, 0) is 14.3 Å². The molecule has 2 amide bonds. The fraction of sp³-hybridized carbons (Fsp3) is 0.500. The molecule has 0 aliphatic carbocycles. The fourth-order valence-corrected chi connectivity index (χ4v) is 2.98. The van der Waals surface area contributed by atoms with Gasteiger partial charge in [-0.2, -0.15) is 11.8 Å². The molecule has 1 aromatic heterocycles. The van der Waals surface area contributed by atoms with Gasteiger partial charge in [-0.05, 0) is 43.7 Å². The van der Waals surface area contributed by atoms with E-state index in [0.717, 1.165) is 0 Å². The number of amides is 2. The van der Waals surface area contributed by atoms with Crippen LogP contribution < -0.4 is 10.6 Å². The summed E-state index contributed by atoms with van der Waals surface area (Å²) in [5.74, 6) is -0.595. The summed E-state index contributed by atoms with van der Waals surface area (Å²) < 4.78 is 4.78. The van der Waals surface area contributed by atoms with Gasteiger partial charge in [0.1, 0.15) is 17.6 Å². The second-order valence-corrected chi connectivity index (χ2v) is 6.67. The van der Waals surface area contributed by atoms with Gasteiger partial charge in [0.2, 0.25) is 5.91 Å². The van der Waals surface area contributed by atoms with Crippen LogP contribution in [0.1, 0.15) is 23.7 Å². The van der Waals surface area contributed by atoms with Crippen molar-refractivity contribution in [1.29, 1.82) is 0 Å². The minimum atomic E-state index is -0.732. The normalized spacial score (nSPS) is 11.5. The molecule has 138 valence electrons. The predicted molar refractivity (Wildman–Crippen MR) is 99.9 cm³/mol. The molecule has 0 aromatic carbocycles. The van der Waals surface area contributed by atoms with Gasteiger partial charge in [0.25, 0.3) is 5.91 Å². The molecule has 0 aliphatic heterocycles. The Labute approximate surface area is 156 Å². The lowest BCUT2D eigenvalue weighted by Crippen LogP contribution is -2.48. The Morgan fingerprint density at radius 2 is 2.08 bits per heavy atom. The van der Waals surface area contributed by atoms with Crippen LogP contribution in [0.3, 0.4) is 0 Å². The number of carbonyl (C=O) groups is 3. The Bertz CT molecular complexity index is 598. The third kappa shape index (κ3) is 7.35. The van der Waals surface area contributed by atoms with E-state index in [1.54, 1.807) is 37.0 Å². The largest absolute Gasteiger partial charge is 0.465 e. The number of carbonyl (C=O) groups excluding carboxylic acids is 3. The maximum absolute atomic E-state index is 12.5. The van der Waals surface area contributed by atoms with Gasteiger partial charge in [0.05, 0.1) is 12.2 Å². The lowest BCUT2D eigenvalue weighted by atomic mass is 10.2. The third-order valence-corrected chi connectivity index (χ3v) is 4.51. The number of nitrogens with zero attached hydrogens (tertiary/aromatic N) is 1. The van der Waals surface area contributed by atoms with E-state index in [4.69, 9.17) is 4.74 Å². The van der Waals surface area contributed by atoms with Crippen LogP contribution in [0.4, 0.5) is 0 Å². The van der Waals surface area contributed by atoms with Crippen molar-refractivity contribution < 1.29 is 19.1 Å². The highest BCUT2D eigenvalue weighted by atomic mass is 32.2. The molecule has 0 spiro atoms. The smallest absolute Gasteiger partial charge is 0.325 e. The van der Waals surface area contributed by atoms with Crippen molar-refractivity contribution in [2.75, 3.05) is 31.4 Å². The summed E-state index contributed by atoms with van der Waals surface area (Å²) in [6.07, 6.45) is 5.81. The predicted octanol–water partition coefficient (Wildman–Crippen LogP) is 1.33. The van der Waals surface area contributed by atoms with Crippen LogP contribution in [0.15, 0.2) is 23.4 Å². The zero-order valence-electron chi connectivity index (χ0n) is 14.5. The van der Waals surface area contributed by atoms with Gasteiger partial charge < -0.3 is 15.4 Å². The van der Waals surface area contributed by atoms with Gasteiger partial charge >= 0.3 is 5.97 Å². The average molecular weight is 386 g/mol. The number of hydrogen-bond donors (Lipinski definition) is 2. The van der Waals surface area contributed by atoms with Gasteiger partial charge in [0.15, 0.2) is 0 Å². The maximum Gasteiger partial charge on any atom is 0.325 e. The summed E-state index contributed by atoms with van der Waals surface area (Å²) in [7, 11) is 0. The summed E-state index contributed by atoms with van der Waals surface area (Å²) in [5.41, 5.74) is 0.419. The summed E-state index contributed by atoms with van der Waals surface area (Å²) in [6.45, 7) is 1.72. The number of thioether (sulfide) groups is 2. The highest BCUT2D eigenvalue weighted by Crippen LogP contribution is 2.17. The lowest BCUT2D eigenvalue weighted by Gasteiger charge is -2.18. The Hall–Kier alpha value is -1.74. The SMILES string of the molecule is CCOC(=O)CNC(=O)[C@@H](CCSC)NC(=O)c1cccnc1SC. The molecule has 1 aromatic rings. The number of pyridine rings is 1. The molecule has 1 atom stereocenters. The van der Waals surface area contributed by atoms with E-state index in [2.05, 4.69) is 15.6 Å². The van der Waals surface area contributed by atoms with Crippen LogP contribution in [0.25, 0.3) is 0 Å². The van der Waals surface area contributed by atoms with Gasteiger partial charge in [-0.1, -0.05) is 0 Å². The Morgan fingerprint density at radius 1 is 1.32 bits per heavy atom. The molecule has 0 fully saturated rings. The van der Waals surface area contributed by atoms with Gasteiger partial charge in [-0.25, -0.2) is 4.98 Å². The number of rotatable bonds is 10. The van der Waals surface area contributed by atoms with Crippen molar-refractivity contribution >= 4 is 41.3 Å². The van der Waals surface area contributed by atoms with Crippen molar-refractivity contribution in [3.05, 3.63) is 23.9 Å². The van der Waals surface area contributed by atoms with Gasteiger partial charge in [0, 0.05) is 6.20 Å². The van der Waals surface area contributed by atoms with E-state index in [1.807, 2.05) is 12.5 Å². The molecule has 0 saturated heterocycles. The lowest BCUT2D eigenvalue weighted by molar-refractivity contribution is -0.143. The van der Waals surface area contributed by atoms with Crippen LogP contribution in [0.2, 0.25) is 0 Å². The minimum absolute atomic E-state index is 0.221. The maximum atomic E-state index is 12.5. The quantitative estimate of drug-likeness (QED) is 0.463. The Morgan fingerprint density at radius 3 is 2.72 bits per heavy atom. The summed E-state index contributed by atoms with van der Waals surface area (Å²) >= 11 is 2.93. The average Bonchev–Trinajstić information content (AvgIpc) is 2.63. The molecule has 9 heteroatoms. The number of esters is 1. The molecule has 0 unspecified atom stereocenters. The van der Waals surface area contributed by atoms with E-state index in [9.17, 15) is 14.4 Å². The molecule has 2 N–H and O–H groups in total. The molecule has 1 heterocycles. The molecule has 0 aliphatic rings. The molecule has 0 radical (unpaired) electrons. The number of nitrogens with one attached hydrogen (secondary N) is 2. The Kier molecular flexibility index (Phi) is 10.0. The van der Waals surface area contributed by atoms with E-state index < -0.39 is 17.9 Å². The van der Waals surface area contributed by atoms with Crippen molar-refractivity contribution in [3.8, 4) is 0 Å². The first kappa shape index (κ1) is 21.3. The first-order chi connectivity index (χ1) is 12.0. The summed E-state index contributed by atoms with van der Waals surface area (Å²) in [4.78, 5) is 40.3. The minimum Gasteiger partial charge on any atom is -0.465 e. The monoisotopic (exact) mass is 385 g/mol. The standard InChI is InChI=1S/C16H23N3O4S2/c1-4-23-13(20)10-18-15(22)12(7-9-24-2)19-14(21)11-6-5-8-17-16(11)25-3/h5-6,8,12H,4,7,9-10H2,1-3H3,(H,18,22)(H,19,21)/t12-/m1/s1. The summed E-state index contributed by atoms with van der Waals surface area (Å²) in [5, 5.41) is 5.83. The van der Waals surface area contributed by atoms with Crippen molar-refractivity contribution in [2.45, 2.75) is 24.4 Å². The van der Waals surface area contributed by atoms with E-state index in [1.165, 1.54) is 11.8 Å². The first-order valence-electron chi connectivity index (χ1n) is 7.75. The zero-order valence-corrected chi connectivity index (χ0v) is 16.2. The van der Waals surface area contributed by atoms with E-state index in [-0.39, 0.29) is 19.1 Å². The van der Waals surface area contributed by atoms with Crippen molar-refractivity contribution in [3.63, 3.8) is 0 Å². The number of ether oxygens (including phenoxy) is 1. The number of aromatic nitrogens is 1. The fourth-order valence-electron chi connectivity index (χ4n) is 1.96. The third-order valence-electron chi connectivity index (χ3n) is 3.15. The highest BCUT2D eigenvalue weighted by Gasteiger charge is 2.23. The van der Waals surface area contributed by atoms with Crippen LogP contribution in [-0.4, -0.2) is 60.2 Å². The molecule has 7 nitrogen and oxygen atoms in total. The molecule has 0 saturated carbocycles. The van der Waals surface area contributed by atoms with E-state index >= 15 is 0 Å². The van der Waals surface area contributed by atoms with Crippen molar-refractivity contribution in [2.24, 2.45) is 0 Å². The second-order valence-electron chi connectivity index (χ2n) is 4.89. The topological polar surface area (TPSA) is 97.4 Å². The highest BCUT2D eigenvalue weighted by molar-refractivity contribution is 7.98. The van der Waals surface area contributed by atoms with Gasteiger partial charge in [-0.3, -0.25) is 14.4 Å². The van der Waals surface area contributed by atoms with E-state index in [0.29, 0.717) is 22.8 Å². The van der Waals surface area contributed by atoms with Crippen molar-refractivity contribution in [1.82, 2.24) is 15.6 Å². The van der Waals surface area contributed by atoms with Crippen LogP contribution >= 0.6 is 23.5 Å². The van der Waals surface area contributed by atoms with Gasteiger partial charge in [-0.15, -0.1) is 11.8 Å². The van der Waals surface area contributed by atoms with Crippen LogP contribution in [0.5, 0.6) is 0 Å².